The van der Waals surface area contributed by atoms with Crippen molar-refractivity contribution >= 4 is 11.0 Å². The van der Waals surface area contributed by atoms with Crippen LogP contribution in [0.4, 0.5) is 8.78 Å². The zero-order chi connectivity index (χ0) is 18.8. The van der Waals surface area contributed by atoms with E-state index in [9.17, 15) is 13.0 Å². The third-order valence-corrected chi connectivity index (χ3v) is 7.27. The molecule has 0 amide bonds. The van der Waals surface area contributed by atoms with Crippen LogP contribution in [0.15, 0.2) is 0 Å². The molecule has 0 aliphatic carbocycles. The van der Waals surface area contributed by atoms with Crippen molar-refractivity contribution in [3.05, 3.63) is 0 Å². The Kier molecular flexibility index (Phi) is 7.39. The van der Waals surface area contributed by atoms with E-state index in [2.05, 4.69) is 18.7 Å². The molecule has 0 aromatic rings. The Hall–Kier alpha value is -0.110. The molecule has 2 fully saturated rings. The molecule has 4 nitrogen and oxygen atoms in total. The molecule has 7 heteroatoms. The van der Waals surface area contributed by atoms with Crippen LogP contribution in [0.25, 0.3) is 0 Å². The van der Waals surface area contributed by atoms with Gasteiger partial charge in [-0.2, -0.15) is 0 Å². The molecule has 25 heavy (non-hydrogen) atoms. The molecule has 2 heterocycles. The van der Waals surface area contributed by atoms with Gasteiger partial charge in [-0.15, -0.1) is 0 Å². The fraction of sp³-hybridized carbons (Fsp3) is 1.00. The second-order valence-electron chi connectivity index (χ2n) is 8.27. The third-order valence-electron chi connectivity index (χ3n) is 5.64. The van der Waals surface area contributed by atoms with Crippen molar-refractivity contribution in [1.29, 1.82) is 0 Å². The molecule has 0 bridgehead atoms. The van der Waals surface area contributed by atoms with Gasteiger partial charge in [0.1, 0.15) is 0 Å². The molecule has 0 N–H and O–H groups in total. The minimum absolute atomic E-state index is 0.115. The van der Waals surface area contributed by atoms with Crippen LogP contribution in [0.1, 0.15) is 47.0 Å². The van der Waals surface area contributed by atoms with Crippen LogP contribution in [-0.2, 0) is 11.0 Å². The van der Waals surface area contributed by atoms with Crippen molar-refractivity contribution < 1.29 is 13.0 Å². The van der Waals surface area contributed by atoms with Gasteiger partial charge in [-0.05, 0) is 73.0 Å². The van der Waals surface area contributed by atoms with E-state index in [0.29, 0.717) is 24.9 Å². The molecule has 0 spiro atoms. The number of hydrogen-bond donors (Lipinski definition) is 0. The first-order chi connectivity index (χ1) is 11.6. The van der Waals surface area contributed by atoms with Gasteiger partial charge >= 0.3 is 0 Å². The molecule has 2 aliphatic heterocycles. The largest absolute Gasteiger partial charge is 0.301 e. The van der Waals surface area contributed by atoms with E-state index in [-0.39, 0.29) is 5.25 Å². The lowest BCUT2D eigenvalue weighted by molar-refractivity contribution is -0.109. The van der Waals surface area contributed by atoms with E-state index in [1.807, 2.05) is 25.8 Å². The average Bonchev–Trinajstić information content (AvgIpc) is 2.53. The molecule has 2 aliphatic rings. The maximum atomic E-state index is 14.7. The molecule has 2 rings (SSSR count). The quantitative estimate of drug-likeness (QED) is 0.710. The van der Waals surface area contributed by atoms with Gasteiger partial charge in [-0.25, -0.2) is 17.3 Å². The highest BCUT2D eigenvalue weighted by atomic mass is 32.2. The first-order valence-electron chi connectivity index (χ1n) is 9.59. The number of hydrogen-bond acceptors (Lipinski definition) is 3. The lowest BCUT2D eigenvalue weighted by Gasteiger charge is -2.44. The molecule has 0 radical (unpaired) electrons. The smallest absolute Gasteiger partial charge is 0.276 e. The lowest BCUT2D eigenvalue weighted by Crippen LogP contribution is -2.59. The van der Waals surface area contributed by atoms with Crippen LogP contribution in [0.3, 0.4) is 0 Å². The summed E-state index contributed by atoms with van der Waals surface area (Å²) >= 11 is 0. The first kappa shape index (κ1) is 21.2. The molecule has 2 atom stereocenters. The highest BCUT2D eigenvalue weighted by Crippen LogP contribution is 2.33. The fourth-order valence-electron chi connectivity index (χ4n) is 4.08. The summed E-state index contributed by atoms with van der Waals surface area (Å²) in [6.07, 6.45) is 2.56. The van der Waals surface area contributed by atoms with Crippen molar-refractivity contribution in [3.63, 3.8) is 0 Å². The van der Waals surface area contributed by atoms with Crippen molar-refractivity contribution in [2.24, 2.45) is 5.92 Å². The summed E-state index contributed by atoms with van der Waals surface area (Å²) in [5.74, 6) is -2.31. The second-order valence-corrected chi connectivity index (χ2v) is 10.3. The van der Waals surface area contributed by atoms with Crippen molar-refractivity contribution in [2.45, 2.75) is 70.2 Å². The van der Waals surface area contributed by atoms with Gasteiger partial charge in [0.15, 0.2) is 0 Å². The van der Waals surface area contributed by atoms with Crippen LogP contribution in [-0.4, -0.2) is 81.3 Å². The van der Waals surface area contributed by atoms with E-state index in [4.69, 9.17) is 0 Å². The zero-order valence-electron chi connectivity index (χ0n) is 16.4. The minimum Gasteiger partial charge on any atom is -0.301 e. The van der Waals surface area contributed by atoms with E-state index in [0.717, 1.165) is 32.5 Å². The zero-order valence-corrected chi connectivity index (χ0v) is 17.2. The summed E-state index contributed by atoms with van der Waals surface area (Å²) in [5.41, 5.74) is 0. The number of piperidine rings is 2. The molecule has 0 saturated carbocycles. The SMILES string of the molecule is CC(C)N1CCC(CN(C)C2CCN(S(=O)C(C)C)CC2(F)F)CC1. The summed E-state index contributed by atoms with van der Waals surface area (Å²) in [6.45, 7) is 11.0. The van der Waals surface area contributed by atoms with Crippen LogP contribution in [0.2, 0.25) is 0 Å². The minimum atomic E-state index is -2.81. The molecule has 148 valence electrons. The maximum Gasteiger partial charge on any atom is 0.276 e. The van der Waals surface area contributed by atoms with Crippen molar-refractivity contribution in [3.8, 4) is 0 Å². The first-order valence-corrected chi connectivity index (χ1v) is 10.8. The number of halogens is 2. The summed E-state index contributed by atoms with van der Waals surface area (Å²) in [4.78, 5) is 4.33. The maximum absolute atomic E-state index is 14.7. The Morgan fingerprint density at radius 3 is 2.20 bits per heavy atom. The van der Waals surface area contributed by atoms with Gasteiger partial charge < -0.3 is 4.90 Å². The average molecular weight is 380 g/mol. The number of likely N-dealkylation sites (tertiary alicyclic amines) is 1. The van der Waals surface area contributed by atoms with E-state index in [1.165, 1.54) is 4.31 Å². The third kappa shape index (κ3) is 5.44. The van der Waals surface area contributed by atoms with Gasteiger partial charge in [0.25, 0.3) is 5.92 Å². The Labute approximate surface area is 154 Å². The van der Waals surface area contributed by atoms with Crippen LogP contribution in [0.5, 0.6) is 0 Å². The topological polar surface area (TPSA) is 26.8 Å². The lowest BCUT2D eigenvalue weighted by atomic mass is 9.93. The monoisotopic (exact) mass is 379 g/mol. The van der Waals surface area contributed by atoms with E-state index >= 15 is 0 Å². The number of nitrogens with zero attached hydrogens (tertiary/aromatic N) is 3. The number of rotatable bonds is 6. The number of alkyl halides is 2. The molecular formula is C18H35F2N3OS. The second kappa shape index (κ2) is 8.72. The molecule has 0 aromatic heterocycles. The Morgan fingerprint density at radius 2 is 1.72 bits per heavy atom. The van der Waals surface area contributed by atoms with Crippen LogP contribution in [0, 0.1) is 5.92 Å². The fourth-order valence-corrected chi connectivity index (χ4v) is 5.26. The standard InChI is InChI=1S/C18H35F2N3OS/c1-14(2)22-9-6-16(7-10-22)12-21(5)17-8-11-23(13-18(17,19)20)25(24)15(3)4/h14-17H,6-13H2,1-5H3. The summed E-state index contributed by atoms with van der Waals surface area (Å²) in [5, 5.41) is -0.115. The van der Waals surface area contributed by atoms with Crippen LogP contribution >= 0.6 is 0 Å². The van der Waals surface area contributed by atoms with E-state index in [1.54, 1.807) is 0 Å². The molecule has 2 saturated heterocycles. The summed E-state index contributed by atoms with van der Waals surface area (Å²) in [6, 6.07) is -0.176. The Balaban J connectivity index is 1.88. The Bertz CT molecular complexity index is 454. The van der Waals surface area contributed by atoms with Crippen molar-refractivity contribution in [2.75, 3.05) is 39.8 Å². The normalized spacial score (nSPS) is 28.2. The van der Waals surface area contributed by atoms with Gasteiger partial charge in [0.2, 0.25) is 0 Å². The molecule has 0 aromatic carbocycles. The molecular weight excluding hydrogens is 344 g/mol. The van der Waals surface area contributed by atoms with Gasteiger partial charge in [0, 0.05) is 24.4 Å². The highest BCUT2D eigenvalue weighted by molar-refractivity contribution is 7.83. The predicted octanol–water partition coefficient (Wildman–Crippen LogP) is 2.82. The highest BCUT2D eigenvalue weighted by Gasteiger charge is 2.48. The molecule has 2 unspecified atom stereocenters. The van der Waals surface area contributed by atoms with E-state index < -0.39 is 29.5 Å². The van der Waals surface area contributed by atoms with Gasteiger partial charge in [0.05, 0.1) is 23.6 Å². The summed E-state index contributed by atoms with van der Waals surface area (Å²) in [7, 11) is 0.517. The van der Waals surface area contributed by atoms with Crippen molar-refractivity contribution in [1.82, 2.24) is 14.1 Å². The van der Waals surface area contributed by atoms with Crippen LogP contribution < -0.4 is 0 Å². The summed E-state index contributed by atoms with van der Waals surface area (Å²) < 4.78 is 43.0. The van der Waals surface area contributed by atoms with Gasteiger partial charge in [-0.3, -0.25) is 4.90 Å². The van der Waals surface area contributed by atoms with Gasteiger partial charge in [-0.1, -0.05) is 0 Å². The predicted molar refractivity (Wildman–Crippen MR) is 100 cm³/mol. The Morgan fingerprint density at radius 1 is 1.12 bits per heavy atom.